The Morgan fingerprint density at radius 3 is 1.88 bits per heavy atom. The fourth-order valence-corrected chi connectivity index (χ4v) is 3.68. The van der Waals surface area contributed by atoms with Gasteiger partial charge in [-0.15, -0.1) is 0 Å². The van der Waals surface area contributed by atoms with Crippen LogP contribution in [0.1, 0.15) is 6.42 Å². The van der Waals surface area contributed by atoms with Crippen molar-refractivity contribution in [3.63, 3.8) is 0 Å². The SMILES string of the molecule is O=C1C[C@H](N2CCN(c3ccccc3)CC2)C(=O)N1c1ccccc1. The largest absolute Gasteiger partial charge is 0.369 e. The lowest BCUT2D eigenvalue weighted by molar-refractivity contribution is -0.123. The van der Waals surface area contributed by atoms with Crippen LogP contribution in [0, 0.1) is 0 Å². The summed E-state index contributed by atoms with van der Waals surface area (Å²) in [6.07, 6.45) is 0.277. The monoisotopic (exact) mass is 335 g/mol. The molecular weight excluding hydrogens is 314 g/mol. The third-order valence-electron chi connectivity index (χ3n) is 5.01. The topological polar surface area (TPSA) is 43.9 Å². The van der Waals surface area contributed by atoms with Crippen molar-refractivity contribution in [1.29, 1.82) is 0 Å². The van der Waals surface area contributed by atoms with Crippen molar-refractivity contribution in [2.75, 3.05) is 36.0 Å². The molecular formula is C20H21N3O2. The Kier molecular flexibility index (Phi) is 4.24. The molecule has 2 amide bonds. The summed E-state index contributed by atoms with van der Waals surface area (Å²) in [5, 5.41) is 0. The molecule has 25 heavy (non-hydrogen) atoms. The van der Waals surface area contributed by atoms with E-state index in [1.807, 2.05) is 48.5 Å². The molecule has 0 unspecified atom stereocenters. The van der Waals surface area contributed by atoms with Crippen LogP contribution in [0.5, 0.6) is 0 Å². The number of carbonyl (C=O) groups excluding carboxylic acids is 2. The first kappa shape index (κ1) is 15.8. The Morgan fingerprint density at radius 1 is 0.720 bits per heavy atom. The van der Waals surface area contributed by atoms with Gasteiger partial charge in [0.1, 0.15) is 0 Å². The van der Waals surface area contributed by atoms with E-state index >= 15 is 0 Å². The van der Waals surface area contributed by atoms with Crippen LogP contribution in [0.4, 0.5) is 11.4 Å². The average molecular weight is 335 g/mol. The molecule has 1 atom stereocenters. The predicted molar refractivity (Wildman–Crippen MR) is 97.6 cm³/mol. The Bertz CT molecular complexity index is 755. The minimum atomic E-state index is -0.328. The number of rotatable bonds is 3. The van der Waals surface area contributed by atoms with Crippen molar-refractivity contribution in [2.45, 2.75) is 12.5 Å². The van der Waals surface area contributed by atoms with Gasteiger partial charge >= 0.3 is 0 Å². The van der Waals surface area contributed by atoms with Crippen LogP contribution in [-0.4, -0.2) is 48.9 Å². The van der Waals surface area contributed by atoms with Gasteiger partial charge in [-0.25, -0.2) is 4.90 Å². The maximum absolute atomic E-state index is 12.8. The van der Waals surface area contributed by atoms with Gasteiger partial charge < -0.3 is 4.90 Å². The zero-order valence-electron chi connectivity index (χ0n) is 14.0. The molecule has 4 rings (SSSR count). The number of amides is 2. The Hall–Kier alpha value is -2.66. The lowest BCUT2D eigenvalue weighted by atomic mass is 10.1. The highest BCUT2D eigenvalue weighted by Gasteiger charge is 2.43. The van der Waals surface area contributed by atoms with E-state index in [9.17, 15) is 9.59 Å². The van der Waals surface area contributed by atoms with Gasteiger partial charge in [-0.05, 0) is 24.3 Å². The van der Waals surface area contributed by atoms with Gasteiger partial charge in [-0.1, -0.05) is 36.4 Å². The molecule has 128 valence electrons. The molecule has 0 radical (unpaired) electrons. The quantitative estimate of drug-likeness (QED) is 0.806. The summed E-state index contributed by atoms with van der Waals surface area (Å²) in [6, 6.07) is 19.2. The van der Waals surface area contributed by atoms with E-state index in [1.54, 1.807) is 0 Å². The third-order valence-corrected chi connectivity index (χ3v) is 5.01. The molecule has 2 aliphatic rings. The number of hydrogen-bond acceptors (Lipinski definition) is 4. The smallest absolute Gasteiger partial charge is 0.251 e. The van der Waals surface area contributed by atoms with Crippen LogP contribution in [0.25, 0.3) is 0 Å². The highest BCUT2D eigenvalue weighted by Crippen LogP contribution is 2.26. The van der Waals surface area contributed by atoms with Crippen LogP contribution < -0.4 is 9.80 Å². The van der Waals surface area contributed by atoms with Crippen molar-refractivity contribution >= 4 is 23.2 Å². The minimum absolute atomic E-state index is 0.0932. The van der Waals surface area contributed by atoms with Gasteiger partial charge in [0.25, 0.3) is 5.91 Å². The molecule has 2 aromatic carbocycles. The van der Waals surface area contributed by atoms with E-state index in [-0.39, 0.29) is 24.3 Å². The fraction of sp³-hybridized carbons (Fsp3) is 0.300. The number of nitrogens with zero attached hydrogens (tertiary/aromatic N) is 3. The van der Waals surface area contributed by atoms with Gasteiger partial charge in [-0.2, -0.15) is 0 Å². The molecule has 5 heteroatoms. The molecule has 2 aliphatic heterocycles. The van der Waals surface area contributed by atoms with Crippen LogP contribution >= 0.6 is 0 Å². The molecule has 2 aromatic rings. The second-order valence-electron chi connectivity index (χ2n) is 6.48. The van der Waals surface area contributed by atoms with Crippen LogP contribution in [0.3, 0.4) is 0 Å². The molecule has 2 saturated heterocycles. The fourth-order valence-electron chi connectivity index (χ4n) is 3.68. The maximum Gasteiger partial charge on any atom is 0.251 e. The second-order valence-corrected chi connectivity index (χ2v) is 6.48. The summed E-state index contributed by atoms with van der Waals surface area (Å²) in [4.78, 5) is 31.0. The van der Waals surface area contributed by atoms with Gasteiger partial charge in [-0.3, -0.25) is 14.5 Å². The van der Waals surface area contributed by atoms with Crippen molar-refractivity contribution in [3.05, 3.63) is 60.7 Å². The van der Waals surface area contributed by atoms with Crippen molar-refractivity contribution in [2.24, 2.45) is 0 Å². The highest BCUT2D eigenvalue weighted by atomic mass is 16.2. The van der Waals surface area contributed by atoms with Gasteiger partial charge in [0.2, 0.25) is 5.91 Å². The molecule has 0 aliphatic carbocycles. The number of anilines is 2. The summed E-state index contributed by atoms with van der Waals surface area (Å²) in [7, 11) is 0. The molecule has 0 saturated carbocycles. The lowest BCUT2D eigenvalue weighted by Crippen LogP contribution is -2.52. The molecule has 0 aromatic heterocycles. The molecule has 5 nitrogen and oxygen atoms in total. The summed E-state index contributed by atoms with van der Waals surface area (Å²) < 4.78 is 0. The van der Waals surface area contributed by atoms with E-state index in [1.165, 1.54) is 10.6 Å². The van der Waals surface area contributed by atoms with E-state index in [4.69, 9.17) is 0 Å². The molecule has 0 spiro atoms. The highest BCUT2D eigenvalue weighted by molar-refractivity contribution is 6.22. The van der Waals surface area contributed by atoms with Crippen molar-refractivity contribution < 1.29 is 9.59 Å². The Labute approximate surface area is 147 Å². The first-order valence-electron chi connectivity index (χ1n) is 8.70. The summed E-state index contributed by atoms with van der Waals surface area (Å²) >= 11 is 0. The van der Waals surface area contributed by atoms with Crippen LogP contribution in [0.2, 0.25) is 0 Å². The molecule has 2 fully saturated rings. The summed E-state index contributed by atoms with van der Waals surface area (Å²) in [5.74, 6) is -0.198. The van der Waals surface area contributed by atoms with Crippen LogP contribution in [0.15, 0.2) is 60.7 Å². The summed E-state index contributed by atoms with van der Waals surface area (Å²) in [6.45, 7) is 3.32. The number of para-hydroxylation sites is 2. The van der Waals surface area contributed by atoms with E-state index in [0.717, 1.165) is 26.2 Å². The number of carbonyl (C=O) groups is 2. The zero-order valence-corrected chi connectivity index (χ0v) is 14.0. The number of imide groups is 1. The van der Waals surface area contributed by atoms with Gasteiger partial charge in [0.05, 0.1) is 18.2 Å². The molecule has 0 N–H and O–H groups in total. The number of piperazine rings is 1. The lowest BCUT2D eigenvalue weighted by Gasteiger charge is -2.38. The second kappa shape index (κ2) is 6.69. The van der Waals surface area contributed by atoms with Gasteiger partial charge in [0, 0.05) is 31.9 Å². The average Bonchev–Trinajstić information content (AvgIpc) is 2.97. The standard InChI is InChI=1S/C20H21N3O2/c24-19-15-18(20(25)23(19)17-9-5-2-6-10-17)22-13-11-21(12-14-22)16-7-3-1-4-8-16/h1-10,18H,11-15H2/t18-/m0/s1. The first-order chi connectivity index (χ1) is 12.2. The Balaban J connectivity index is 1.44. The minimum Gasteiger partial charge on any atom is -0.369 e. The number of hydrogen-bond donors (Lipinski definition) is 0. The zero-order chi connectivity index (χ0) is 17.2. The van der Waals surface area contributed by atoms with E-state index < -0.39 is 0 Å². The molecule has 0 bridgehead atoms. The third kappa shape index (κ3) is 3.03. The Morgan fingerprint density at radius 2 is 1.28 bits per heavy atom. The first-order valence-corrected chi connectivity index (χ1v) is 8.70. The summed E-state index contributed by atoms with van der Waals surface area (Å²) in [5.41, 5.74) is 1.88. The normalized spacial score (nSPS) is 21.8. The maximum atomic E-state index is 12.8. The van der Waals surface area contributed by atoms with E-state index in [2.05, 4.69) is 21.9 Å². The molecule has 2 heterocycles. The van der Waals surface area contributed by atoms with Crippen LogP contribution in [-0.2, 0) is 9.59 Å². The van der Waals surface area contributed by atoms with Gasteiger partial charge in [0.15, 0.2) is 0 Å². The van der Waals surface area contributed by atoms with Crippen molar-refractivity contribution in [3.8, 4) is 0 Å². The van der Waals surface area contributed by atoms with Crippen molar-refractivity contribution in [1.82, 2.24) is 4.90 Å². The number of benzene rings is 2. The predicted octanol–water partition coefficient (Wildman–Crippen LogP) is 2.14. The van der Waals surface area contributed by atoms with E-state index in [0.29, 0.717) is 5.69 Å².